The minimum Gasteiger partial charge on any atom is -0.305 e. The second-order valence-electron chi connectivity index (χ2n) is 5.04. The van der Waals surface area contributed by atoms with Crippen LogP contribution in [0.15, 0.2) is 24.3 Å². The zero-order chi connectivity index (χ0) is 17.3. The summed E-state index contributed by atoms with van der Waals surface area (Å²) < 4.78 is 13.1. The van der Waals surface area contributed by atoms with Crippen molar-refractivity contribution in [1.29, 1.82) is 31.7 Å². The molecule has 1 saturated carbocycles. The summed E-state index contributed by atoms with van der Waals surface area (Å²) in [4.78, 5) is 0. The van der Waals surface area contributed by atoms with E-state index in [1.165, 1.54) is 12.1 Å². The molecule has 108 valence electrons. The van der Waals surface area contributed by atoms with Gasteiger partial charge < -0.3 is 5.41 Å². The first-order valence-corrected chi connectivity index (χ1v) is 6.36. The van der Waals surface area contributed by atoms with Crippen molar-refractivity contribution in [1.82, 2.24) is 0 Å². The molecule has 1 aromatic rings. The van der Waals surface area contributed by atoms with E-state index in [-0.39, 0.29) is 0 Å². The van der Waals surface area contributed by atoms with Gasteiger partial charge in [0.2, 0.25) is 0 Å². The molecule has 1 aliphatic carbocycles. The van der Waals surface area contributed by atoms with Gasteiger partial charge in [0.1, 0.15) is 11.2 Å². The molecule has 0 saturated heterocycles. The summed E-state index contributed by atoms with van der Waals surface area (Å²) in [7, 11) is 0. The number of nitrogens with zero attached hydrogens (tertiary/aromatic N) is 5. The predicted octanol–water partition coefficient (Wildman–Crippen LogP) is 2.15. The zero-order valence-corrected chi connectivity index (χ0v) is 11.6. The highest BCUT2D eigenvalue weighted by atomic mass is 19.1. The molecule has 1 aliphatic rings. The highest BCUT2D eigenvalue weighted by Gasteiger charge is 2.83. The maximum absolute atomic E-state index is 13.1. The van der Waals surface area contributed by atoms with Crippen LogP contribution in [-0.2, 0) is 0 Å². The molecule has 1 aromatic carbocycles. The standard InChI is InChI=1S/C16H7FN6/c17-12-3-1-10(2-4-12)13-15(7-20,8-21)16(13,9-22)14(23)11(5-18)6-19/h1-4,11,13,23H/t13-,16-/m0/s1. The lowest BCUT2D eigenvalue weighted by Crippen LogP contribution is -2.26. The molecule has 1 N–H and O–H groups in total. The van der Waals surface area contributed by atoms with Crippen LogP contribution in [0.2, 0.25) is 0 Å². The Balaban J connectivity index is 2.66. The van der Waals surface area contributed by atoms with Crippen LogP contribution in [0.25, 0.3) is 0 Å². The largest absolute Gasteiger partial charge is 0.305 e. The number of halogens is 1. The van der Waals surface area contributed by atoms with Gasteiger partial charge in [-0.3, -0.25) is 0 Å². The van der Waals surface area contributed by atoms with E-state index in [4.69, 9.17) is 15.9 Å². The lowest BCUT2D eigenvalue weighted by molar-refractivity contribution is 0.626. The van der Waals surface area contributed by atoms with E-state index in [0.29, 0.717) is 5.56 Å². The van der Waals surface area contributed by atoms with Gasteiger partial charge in [0.05, 0.1) is 36.1 Å². The maximum Gasteiger partial charge on any atom is 0.177 e. The molecule has 0 radical (unpaired) electrons. The van der Waals surface area contributed by atoms with E-state index in [1.807, 2.05) is 0 Å². The fraction of sp³-hybridized carbons (Fsp3) is 0.250. The van der Waals surface area contributed by atoms with Crippen LogP contribution in [0.3, 0.4) is 0 Å². The Bertz CT molecular complexity index is 855. The molecule has 0 heterocycles. The first kappa shape index (κ1) is 15.7. The topological polar surface area (TPSA) is 143 Å². The monoisotopic (exact) mass is 302 g/mol. The third kappa shape index (κ3) is 1.77. The van der Waals surface area contributed by atoms with E-state index in [0.717, 1.165) is 12.1 Å². The fourth-order valence-corrected chi connectivity index (χ4v) is 2.93. The smallest absolute Gasteiger partial charge is 0.177 e. The molecule has 0 bridgehead atoms. The Morgan fingerprint density at radius 2 is 1.52 bits per heavy atom. The molecule has 7 heteroatoms. The van der Waals surface area contributed by atoms with E-state index in [1.54, 1.807) is 30.3 Å². The van der Waals surface area contributed by atoms with E-state index in [2.05, 4.69) is 0 Å². The van der Waals surface area contributed by atoms with Gasteiger partial charge >= 0.3 is 0 Å². The van der Waals surface area contributed by atoms with Crippen molar-refractivity contribution in [2.75, 3.05) is 0 Å². The van der Waals surface area contributed by atoms with Crippen LogP contribution < -0.4 is 0 Å². The summed E-state index contributed by atoms with van der Waals surface area (Å²) in [5, 5.41) is 54.4. The number of nitriles is 5. The molecule has 0 amide bonds. The van der Waals surface area contributed by atoms with Gasteiger partial charge in [-0.2, -0.15) is 26.3 Å². The Labute approximate surface area is 131 Å². The van der Waals surface area contributed by atoms with Gasteiger partial charge in [-0.25, -0.2) is 4.39 Å². The summed E-state index contributed by atoms with van der Waals surface area (Å²) in [6.07, 6.45) is 0. The number of hydrogen-bond acceptors (Lipinski definition) is 6. The van der Waals surface area contributed by atoms with E-state index >= 15 is 0 Å². The van der Waals surface area contributed by atoms with Crippen LogP contribution >= 0.6 is 0 Å². The Morgan fingerprint density at radius 1 is 1.00 bits per heavy atom. The molecule has 0 aromatic heterocycles. The van der Waals surface area contributed by atoms with Crippen LogP contribution in [0.1, 0.15) is 11.5 Å². The SMILES string of the molecule is N#CC(C#N)C(=N)[C@]1(C#N)[C@@H](c2ccc(F)cc2)C1(C#N)C#N. The second kappa shape index (κ2) is 5.23. The highest BCUT2D eigenvalue weighted by Crippen LogP contribution is 2.74. The van der Waals surface area contributed by atoms with Crippen molar-refractivity contribution in [2.24, 2.45) is 16.7 Å². The molecule has 0 spiro atoms. The quantitative estimate of drug-likeness (QED) is 0.851. The molecule has 2 rings (SSSR count). The molecule has 0 aliphatic heterocycles. The molecule has 23 heavy (non-hydrogen) atoms. The number of rotatable bonds is 3. The van der Waals surface area contributed by atoms with E-state index in [9.17, 15) is 20.2 Å². The summed E-state index contributed by atoms with van der Waals surface area (Å²) in [5.74, 6) is -3.09. The Hall–Kier alpha value is -3.73. The normalized spacial score (nSPS) is 23.4. The summed E-state index contributed by atoms with van der Waals surface area (Å²) in [5.41, 5.74) is -4.04. The lowest BCUT2D eigenvalue weighted by Gasteiger charge is -2.11. The summed E-state index contributed by atoms with van der Waals surface area (Å²) >= 11 is 0. The third-order valence-corrected chi connectivity index (χ3v) is 4.11. The fourth-order valence-electron chi connectivity index (χ4n) is 2.93. The average molecular weight is 302 g/mol. The predicted molar refractivity (Wildman–Crippen MR) is 73.3 cm³/mol. The van der Waals surface area contributed by atoms with Gasteiger partial charge in [-0.05, 0) is 17.7 Å². The first-order chi connectivity index (χ1) is 11.0. The second-order valence-corrected chi connectivity index (χ2v) is 5.04. The zero-order valence-electron chi connectivity index (χ0n) is 11.6. The summed E-state index contributed by atoms with van der Waals surface area (Å²) in [6, 6.07) is 13.3. The number of hydrogen-bond donors (Lipinski definition) is 1. The van der Waals surface area contributed by atoms with Gasteiger partial charge in [0, 0.05) is 5.92 Å². The molecular weight excluding hydrogens is 295 g/mol. The van der Waals surface area contributed by atoms with Crippen molar-refractivity contribution >= 4 is 5.71 Å². The van der Waals surface area contributed by atoms with Crippen LogP contribution in [-0.4, -0.2) is 5.71 Å². The van der Waals surface area contributed by atoms with Crippen molar-refractivity contribution in [3.8, 4) is 30.3 Å². The van der Waals surface area contributed by atoms with Gasteiger partial charge in [-0.15, -0.1) is 0 Å². The summed E-state index contributed by atoms with van der Waals surface area (Å²) in [6.45, 7) is 0. The van der Waals surface area contributed by atoms with Crippen LogP contribution in [0.5, 0.6) is 0 Å². The Morgan fingerprint density at radius 3 is 1.91 bits per heavy atom. The minimum atomic E-state index is -1.90. The van der Waals surface area contributed by atoms with Crippen molar-refractivity contribution in [2.45, 2.75) is 5.92 Å². The maximum atomic E-state index is 13.1. The van der Waals surface area contributed by atoms with Crippen molar-refractivity contribution in [3.63, 3.8) is 0 Å². The lowest BCUT2D eigenvalue weighted by atomic mass is 9.84. The van der Waals surface area contributed by atoms with Crippen LogP contribution in [0.4, 0.5) is 4.39 Å². The highest BCUT2D eigenvalue weighted by molar-refractivity contribution is 6.02. The van der Waals surface area contributed by atoms with Gasteiger partial charge in [0.15, 0.2) is 11.3 Å². The first-order valence-electron chi connectivity index (χ1n) is 6.36. The number of benzene rings is 1. The molecule has 2 atom stereocenters. The molecule has 0 unspecified atom stereocenters. The Kier molecular flexibility index (Phi) is 3.56. The number of nitrogens with one attached hydrogen (secondary N) is 1. The van der Waals surface area contributed by atoms with Crippen molar-refractivity contribution < 1.29 is 4.39 Å². The molecular formula is C16H7FN6. The van der Waals surface area contributed by atoms with Gasteiger partial charge in [-0.1, -0.05) is 12.1 Å². The molecule has 1 fully saturated rings. The van der Waals surface area contributed by atoms with Crippen LogP contribution in [0, 0.1) is 84.6 Å². The third-order valence-electron chi connectivity index (χ3n) is 4.11. The van der Waals surface area contributed by atoms with Gasteiger partial charge in [0.25, 0.3) is 0 Å². The molecule has 6 nitrogen and oxygen atoms in total. The minimum absolute atomic E-state index is 0.329. The van der Waals surface area contributed by atoms with E-state index < -0.39 is 34.2 Å². The van der Waals surface area contributed by atoms with Crippen molar-refractivity contribution in [3.05, 3.63) is 35.6 Å². The average Bonchev–Trinajstić information content (AvgIpc) is 3.20.